The van der Waals surface area contributed by atoms with E-state index in [2.05, 4.69) is 25.2 Å². The van der Waals surface area contributed by atoms with E-state index >= 15 is 0 Å². The van der Waals surface area contributed by atoms with Crippen LogP contribution in [0, 0.1) is 6.92 Å². The van der Waals surface area contributed by atoms with Crippen LogP contribution in [0.5, 0.6) is 5.75 Å². The van der Waals surface area contributed by atoms with Crippen LogP contribution < -0.4 is 15.0 Å². The fraction of sp³-hybridized carbons (Fsp3) is 0.273. The maximum absolute atomic E-state index is 13.0. The molecule has 0 saturated carbocycles. The first-order chi connectivity index (χ1) is 15.0. The van der Waals surface area contributed by atoms with E-state index in [0.717, 1.165) is 11.6 Å². The molecule has 1 aliphatic rings. The molecular formula is C22H23ClN6O2. The highest BCUT2D eigenvalue weighted by Crippen LogP contribution is 2.25. The molecule has 0 atom stereocenters. The van der Waals surface area contributed by atoms with E-state index in [0.29, 0.717) is 54.2 Å². The summed E-state index contributed by atoms with van der Waals surface area (Å²) in [7, 11) is 1.55. The van der Waals surface area contributed by atoms with E-state index in [9.17, 15) is 4.79 Å². The molecule has 160 valence electrons. The summed E-state index contributed by atoms with van der Waals surface area (Å²) in [6, 6.07) is 12.6. The van der Waals surface area contributed by atoms with Crippen LogP contribution in [0.25, 0.3) is 0 Å². The molecule has 0 bridgehead atoms. The number of anilines is 3. The molecule has 1 N–H and O–H groups in total. The number of amides is 1. The van der Waals surface area contributed by atoms with E-state index in [1.165, 1.54) is 0 Å². The zero-order chi connectivity index (χ0) is 21.8. The molecule has 1 amide bonds. The van der Waals surface area contributed by atoms with Crippen LogP contribution in [-0.4, -0.2) is 59.0 Å². The maximum atomic E-state index is 13.0. The third-order valence-corrected chi connectivity index (χ3v) is 5.26. The highest BCUT2D eigenvalue weighted by molar-refractivity contribution is 6.31. The molecule has 0 radical (unpaired) electrons. The Hall–Kier alpha value is -3.39. The lowest BCUT2D eigenvalue weighted by atomic mass is 10.1. The molecule has 4 rings (SSSR count). The number of hydrogen-bond acceptors (Lipinski definition) is 7. The molecule has 1 aliphatic heterocycles. The Kier molecular flexibility index (Phi) is 6.18. The minimum absolute atomic E-state index is 0.0876. The fourth-order valence-electron chi connectivity index (χ4n) is 3.50. The quantitative estimate of drug-likeness (QED) is 0.652. The van der Waals surface area contributed by atoms with Gasteiger partial charge in [0.1, 0.15) is 29.0 Å². The number of piperazine rings is 1. The summed E-state index contributed by atoms with van der Waals surface area (Å²) in [5.74, 6) is 3.32. The first kappa shape index (κ1) is 20.9. The summed E-state index contributed by atoms with van der Waals surface area (Å²) < 4.78 is 5.33. The summed E-state index contributed by atoms with van der Waals surface area (Å²) >= 11 is 6.09. The third-order valence-electron chi connectivity index (χ3n) is 5.03. The summed E-state index contributed by atoms with van der Waals surface area (Å²) in [5, 5.41) is 3.72. The van der Waals surface area contributed by atoms with Crippen LogP contribution in [0.1, 0.15) is 16.2 Å². The number of aryl methyl sites for hydroxylation is 1. The van der Waals surface area contributed by atoms with Crippen molar-refractivity contribution < 1.29 is 9.53 Å². The Labute approximate surface area is 185 Å². The van der Waals surface area contributed by atoms with Crippen molar-refractivity contribution >= 4 is 35.0 Å². The van der Waals surface area contributed by atoms with Gasteiger partial charge in [-0.25, -0.2) is 15.0 Å². The van der Waals surface area contributed by atoms with Crippen molar-refractivity contribution in [2.45, 2.75) is 6.92 Å². The molecular weight excluding hydrogens is 416 g/mol. The van der Waals surface area contributed by atoms with Gasteiger partial charge in [0.2, 0.25) is 0 Å². The summed E-state index contributed by atoms with van der Waals surface area (Å²) in [4.78, 5) is 30.3. The number of hydrogen-bond donors (Lipinski definition) is 1. The summed E-state index contributed by atoms with van der Waals surface area (Å²) in [6.45, 7) is 4.32. The van der Waals surface area contributed by atoms with Crippen molar-refractivity contribution in [3.05, 3.63) is 65.1 Å². The number of rotatable bonds is 5. The van der Waals surface area contributed by atoms with E-state index < -0.39 is 0 Å². The first-order valence-electron chi connectivity index (χ1n) is 9.95. The number of methoxy groups -OCH3 is 1. The number of carbonyl (C=O) groups excluding carboxylic acids is 1. The predicted molar refractivity (Wildman–Crippen MR) is 120 cm³/mol. The number of nitrogens with zero attached hydrogens (tertiary/aromatic N) is 5. The van der Waals surface area contributed by atoms with Crippen molar-refractivity contribution in [3.8, 4) is 5.75 Å². The van der Waals surface area contributed by atoms with E-state index in [4.69, 9.17) is 16.3 Å². The second kappa shape index (κ2) is 9.18. The number of benzene rings is 1. The number of ether oxygens (including phenoxy) is 1. The van der Waals surface area contributed by atoms with Gasteiger partial charge in [0.25, 0.3) is 5.91 Å². The molecule has 3 aromatic rings. The van der Waals surface area contributed by atoms with Crippen molar-refractivity contribution in [1.29, 1.82) is 0 Å². The van der Waals surface area contributed by atoms with Gasteiger partial charge in [0.15, 0.2) is 0 Å². The topological polar surface area (TPSA) is 83.5 Å². The van der Waals surface area contributed by atoms with Crippen LogP contribution in [-0.2, 0) is 0 Å². The molecule has 0 spiro atoms. The average Bonchev–Trinajstić information content (AvgIpc) is 2.79. The third kappa shape index (κ3) is 4.86. The lowest BCUT2D eigenvalue weighted by Gasteiger charge is -2.35. The van der Waals surface area contributed by atoms with Gasteiger partial charge in [-0.1, -0.05) is 17.7 Å². The minimum Gasteiger partial charge on any atom is -0.496 e. The van der Waals surface area contributed by atoms with Crippen molar-refractivity contribution in [2.24, 2.45) is 0 Å². The molecule has 9 heteroatoms. The highest BCUT2D eigenvalue weighted by Gasteiger charge is 2.25. The second-order valence-corrected chi connectivity index (χ2v) is 7.56. The number of nitrogens with one attached hydrogen (secondary N) is 1. The Bertz CT molecular complexity index is 1070. The van der Waals surface area contributed by atoms with E-state index in [1.807, 2.05) is 36.1 Å². The first-order valence-corrected chi connectivity index (χ1v) is 10.3. The van der Waals surface area contributed by atoms with Gasteiger partial charge >= 0.3 is 0 Å². The molecule has 0 aliphatic carbocycles. The lowest BCUT2D eigenvalue weighted by molar-refractivity contribution is 0.0743. The number of aromatic nitrogens is 3. The Morgan fingerprint density at radius 2 is 1.87 bits per heavy atom. The van der Waals surface area contributed by atoms with Gasteiger partial charge in [-0.05, 0) is 37.3 Å². The summed E-state index contributed by atoms with van der Waals surface area (Å²) in [5.41, 5.74) is 0.475. The Morgan fingerprint density at radius 3 is 2.58 bits per heavy atom. The van der Waals surface area contributed by atoms with Gasteiger partial charge in [-0.15, -0.1) is 0 Å². The lowest BCUT2D eigenvalue weighted by Crippen LogP contribution is -2.49. The molecule has 0 unspecified atom stereocenters. The standard InChI is InChI=1S/C22H23ClN6O2/c1-15-25-20(27-19-5-3-4-8-24-19)14-21(26-15)28-9-11-29(12-10-28)22(30)17-13-16(23)6-7-18(17)31-2/h3-8,13-14H,9-12H2,1-2H3,(H,24,25,26,27). The monoisotopic (exact) mass is 438 g/mol. The summed E-state index contributed by atoms with van der Waals surface area (Å²) in [6.07, 6.45) is 1.72. The molecule has 3 heterocycles. The van der Waals surface area contributed by atoms with Crippen LogP contribution in [0.2, 0.25) is 5.02 Å². The Balaban J connectivity index is 1.45. The number of pyridine rings is 1. The molecule has 1 fully saturated rings. The SMILES string of the molecule is COc1ccc(Cl)cc1C(=O)N1CCN(c2cc(Nc3ccccn3)nc(C)n2)CC1. The van der Waals surface area contributed by atoms with E-state index in [1.54, 1.807) is 31.5 Å². The van der Waals surface area contributed by atoms with Crippen molar-refractivity contribution in [2.75, 3.05) is 43.5 Å². The zero-order valence-corrected chi connectivity index (χ0v) is 18.1. The average molecular weight is 439 g/mol. The van der Waals surface area contributed by atoms with E-state index in [-0.39, 0.29) is 5.91 Å². The molecule has 2 aromatic heterocycles. The van der Waals surface area contributed by atoms with Crippen LogP contribution in [0.4, 0.5) is 17.5 Å². The van der Waals surface area contributed by atoms with Crippen LogP contribution in [0.15, 0.2) is 48.7 Å². The molecule has 1 saturated heterocycles. The van der Waals surface area contributed by atoms with Gasteiger partial charge in [-0.2, -0.15) is 0 Å². The van der Waals surface area contributed by atoms with Gasteiger partial charge in [0, 0.05) is 43.5 Å². The largest absolute Gasteiger partial charge is 0.496 e. The van der Waals surface area contributed by atoms with Gasteiger partial charge in [-0.3, -0.25) is 4.79 Å². The number of carbonyl (C=O) groups is 1. The minimum atomic E-state index is -0.0876. The predicted octanol–water partition coefficient (Wildman–Crippen LogP) is 3.55. The normalized spacial score (nSPS) is 13.8. The fourth-order valence-corrected chi connectivity index (χ4v) is 3.67. The van der Waals surface area contributed by atoms with Crippen molar-refractivity contribution in [1.82, 2.24) is 19.9 Å². The van der Waals surface area contributed by atoms with Gasteiger partial charge < -0.3 is 19.9 Å². The molecule has 1 aromatic carbocycles. The van der Waals surface area contributed by atoms with Crippen molar-refractivity contribution in [3.63, 3.8) is 0 Å². The smallest absolute Gasteiger partial charge is 0.257 e. The highest BCUT2D eigenvalue weighted by atomic mass is 35.5. The maximum Gasteiger partial charge on any atom is 0.257 e. The number of halogens is 1. The Morgan fingerprint density at radius 1 is 1.06 bits per heavy atom. The van der Waals surface area contributed by atoms with Crippen LogP contribution >= 0.6 is 11.6 Å². The van der Waals surface area contributed by atoms with Crippen LogP contribution in [0.3, 0.4) is 0 Å². The second-order valence-electron chi connectivity index (χ2n) is 7.12. The van der Waals surface area contributed by atoms with Gasteiger partial charge in [0.05, 0.1) is 12.7 Å². The zero-order valence-electron chi connectivity index (χ0n) is 17.4. The molecule has 31 heavy (non-hydrogen) atoms. The molecule has 8 nitrogen and oxygen atoms in total.